The molecule has 8 nitrogen and oxygen atoms in total. The van der Waals surface area contributed by atoms with Gasteiger partial charge in [0.1, 0.15) is 28.8 Å². The molecule has 1 unspecified atom stereocenters. The number of halogens is 2. The molecule has 0 spiro atoms. The lowest BCUT2D eigenvalue weighted by Gasteiger charge is -2.14. The molecule has 0 aliphatic carbocycles. The van der Waals surface area contributed by atoms with Crippen LogP contribution in [0.3, 0.4) is 0 Å². The monoisotopic (exact) mass is 570 g/mol. The molecule has 0 radical (unpaired) electrons. The van der Waals surface area contributed by atoms with E-state index in [1.165, 1.54) is 24.3 Å². The number of aromatic carboxylic acids is 1. The second-order valence-electron chi connectivity index (χ2n) is 9.31. The number of benzene rings is 4. The molecule has 5 aromatic rings. The van der Waals surface area contributed by atoms with Gasteiger partial charge < -0.3 is 19.1 Å². The molecule has 0 bridgehead atoms. The average Bonchev–Trinajstić information content (AvgIpc) is 3.34. The molecule has 0 saturated heterocycles. The van der Waals surface area contributed by atoms with Gasteiger partial charge in [-0.1, -0.05) is 71.9 Å². The molecule has 1 heterocycles. The van der Waals surface area contributed by atoms with Crippen molar-refractivity contribution in [3.63, 3.8) is 0 Å². The summed E-state index contributed by atoms with van der Waals surface area (Å²) >= 11 is 0. The van der Waals surface area contributed by atoms with Crippen LogP contribution in [-0.4, -0.2) is 22.3 Å². The van der Waals surface area contributed by atoms with Crippen molar-refractivity contribution in [2.45, 2.75) is 20.0 Å². The van der Waals surface area contributed by atoms with E-state index in [1.807, 2.05) is 30.3 Å². The van der Waals surface area contributed by atoms with Crippen LogP contribution in [0.5, 0.6) is 11.5 Å². The third kappa shape index (κ3) is 5.97. The highest BCUT2D eigenvalue weighted by Crippen LogP contribution is 2.36. The predicted molar refractivity (Wildman–Crippen MR) is 150 cm³/mol. The third-order valence-electron chi connectivity index (χ3n) is 6.45. The number of anilines is 1. The van der Waals surface area contributed by atoms with Crippen molar-refractivity contribution in [2.24, 2.45) is 0 Å². The molecule has 2 N–H and O–H groups in total. The molecule has 4 aromatic carbocycles. The van der Waals surface area contributed by atoms with Crippen LogP contribution < -0.4 is 10.1 Å². The van der Waals surface area contributed by atoms with Gasteiger partial charge in [0.15, 0.2) is 23.1 Å². The Morgan fingerprint density at radius 2 is 1.50 bits per heavy atom. The molecule has 1 amide bonds. The fourth-order valence-electron chi connectivity index (χ4n) is 4.28. The zero-order valence-corrected chi connectivity index (χ0v) is 22.4. The number of carboxylic acids is 1. The fourth-order valence-corrected chi connectivity index (χ4v) is 4.28. The van der Waals surface area contributed by atoms with Gasteiger partial charge in [0.25, 0.3) is 0 Å². The molecule has 0 saturated carbocycles. The number of aromatic nitrogens is 1. The van der Waals surface area contributed by atoms with Crippen LogP contribution in [0.1, 0.15) is 34.6 Å². The number of hydrogen-bond donors (Lipinski definition) is 2. The van der Waals surface area contributed by atoms with Gasteiger partial charge in [-0.05, 0) is 54.8 Å². The zero-order valence-electron chi connectivity index (χ0n) is 22.4. The summed E-state index contributed by atoms with van der Waals surface area (Å²) in [5.41, 5.74) is 2.62. The van der Waals surface area contributed by atoms with Crippen LogP contribution in [0.4, 0.5) is 19.3 Å². The number of para-hydroxylation sites is 1. The summed E-state index contributed by atoms with van der Waals surface area (Å²) < 4.78 is 46.1. The van der Waals surface area contributed by atoms with E-state index in [9.17, 15) is 23.5 Å². The Hall–Kier alpha value is -5.51. The molecule has 1 aromatic heterocycles. The van der Waals surface area contributed by atoms with Gasteiger partial charge in [-0.2, -0.15) is 0 Å². The molecule has 42 heavy (non-hydrogen) atoms. The van der Waals surface area contributed by atoms with Crippen molar-refractivity contribution in [1.82, 2.24) is 5.16 Å². The lowest BCUT2D eigenvalue weighted by molar-refractivity contribution is 0.0693. The highest BCUT2D eigenvalue weighted by Gasteiger charge is 2.21. The SMILES string of the molecule is Cc1noc(-c2ccc(-c3cc(F)c(Oc4ccccc4C(=O)O)c(F)c3)cc2)c1NC(=O)OC(C)c1ccccc1. The maximum absolute atomic E-state index is 14.9. The molecule has 10 heteroatoms. The van der Waals surface area contributed by atoms with Crippen LogP contribution >= 0.6 is 0 Å². The van der Waals surface area contributed by atoms with E-state index in [-0.39, 0.29) is 22.6 Å². The summed E-state index contributed by atoms with van der Waals surface area (Å²) in [5, 5.41) is 16.0. The Balaban J connectivity index is 1.34. The molecule has 1 atom stereocenters. The smallest absolute Gasteiger partial charge is 0.412 e. The lowest BCUT2D eigenvalue weighted by atomic mass is 10.0. The summed E-state index contributed by atoms with van der Waals surface area (Å²) in [4.78, 5) is 24.0. The summed E-state index contributed by atoms with van der Waals surface area (Å²) in [7, 11) is 0. The number of carboxylic acid groups (broad SMARTS) is 1. The van der Waals surface area contributed by atoms with E-state index in [1.54, 1.807) is 38.1 Å². The number of nitrogens with zero attached hydrogens (tertiary/aromatic N) is 1. The number of aryl methyl sites for hydroxylation is 1. The number of carbonyl (C=O) groups excluding carboxylic acids is 1. The van der Waals surface area contributed by atoms with E-state index in [0.29, 0.717) is 22.5 Å². The molecule has 5 rings (SSSR count). The van der Waals surface area contributed by atoms with E-state index < -0.39 is 35.6 Å². The van der Waals surface area contributed by atoms with Gasteiger partial charge in [0.2, 0.25) is 0 Å². The quantitative estimate of drug-likeness (QED) is 0.193. The van der Waals surface area contributed by atoms with Gasteiger partial charge >= 0.3 is 12.1 Å². The van der Waals surface area contributed by atoms with Crippen molar-refractivity contribution >= 4 is 17.7 Å². The first-order valence-corrected chi connectivity index (χ1v) is 12.8. The van der Waals surface area contributed by atoms with Crippen LogP contribution in [0.2, 0.25) is 0 Å². The van der Waals surface area contributed by atoms with Crippen molar-refractivity contribution in [1.29, 1.82) is 0 Å². The minimum atomic E-state index is -1.29. The lowest BCUT2D eigenvalue weighted by Crippen LogP contribution is -2.16. The van der Waals surface area contributed by atoms with Crippen LogP contribution in [0.25, 0.3) is 22.5 Å². The molecule has 212 valence electrons. The average molecular weight is 571 g/mol. The van der Waals surface area contributed by atoms with Gasteiger partial charge in [0.05, 0.1) is 0 Å². The van der Waals surface area contributed by atoms with E-state index in [0.717, 1.165) is 17.7 Å². The maximum Gasteiger partial charge on any atom is 0.412 e. The number of rotatable bonds is 8. The minimum absolute atomic E-state index is 0.190. The van der Waals surface area contributed by atoms with Gasteiger partial charge in [-0.15, -0.1) is 0 Å². The number of carbonyl (C=O) groups is 2. The Bertz CT molecular complexity index is 1730. The number of ether oxygens (including phenoxy) is 2. The summed E-state index contributed by atoms with van der Waals surface area (Å²) in [6, 6.07) is 23.6. The highest BCUT2D eigenvalue weighted by molar-refractivity contribution is 5.91. The first kappa shape index (κ1) is 28.0. The number of amides is 1. The second kappa shape index (κ2) is 11.9. The van der Waals surface area contributed by atoms with Crippen molar-refractivity contribution in [3.05, 3.63) is 119 Å². The van der Waals surface area contributed by atoms with Crippen molar-refractivity contribution < 1.29 is 37.5 Å². The van der Waals surface area contributed by atoms with Crippen molar-refractivity contribution in [2.75, 3.05) is 5.32 Å². The van der Waals surface area contributed by atoms with E-state index >= 15 is 0 Å². The van der Waals surface area contributed by atoms with Crippen LogP contribution in [0, 0.1) is 18.6 Å². The van der Waals surface area contributed by atoms with Gasteiger partial charge in [-0.25, -0.2) is 18.4 Å². The third-order valence-corrected chi connectivity index (χ3v) is 6.45. The Morgan fingerprint density at radius 1 is 0.881 bits per heavy atom. The molecular formula is C32H24F2N2O6. The molecule has 0 aliphatic heterocycles. The normalized spacial score (nSPS) is 11.5. The molecular weight excluding hydrogens is 546 g/mol. The van der Waals surface area contributed by atoms with Crippen LogP contribution in [-0.2, 0) is 4.74 Å². The minimum Gasteiger partial charge on any atom is -0.478 e. The Kier molecular flexibility index (Phi) is 7.96. The van der Waals surface area contributed by atoms with E-state index in [2.05, 4.69) is 10.5 Å². The van der Waals surface area contributed by atoms with E-state index in [4.69, 9.17) is 14.0 Å². The molecule has 0 aliphatic rings. The topological polar surface area (TPSA) is 111 Å². The number of hydrogen-bond acceptors (Lipinski definition) is 6. The standard InChI is InChI=1S/C32H24F2N2O6/c1-18-28(35-32(39)40-19(2)20-8-4-3-5-9-20)29(42-36-18)22-14-12-21(13-15-22)23-16-25(33)30(26(34)17-23)41-27-11-7-6-10-24(27)31(37)38/h3-17,19H,1-2H3,(H,35,39)(H,37,38). The summed E-state index contributed by atoms with van der Waals surface area (Å²) in [6.45, 7) is 3.43. The first-order valence-electron chi connectivity index (χ1n) is 12.8. The predicted octanol–water partition coefficient (Wildman–Crippen LogP) is 8.40. The zero-order chi connectivity index (χ0) is 29.8. The summed E-state index contributed by atoms with van der Waals surface area (Å²) in [6.07, 6.45) is -1.17. The largest absolute Gasteiger partial charge is 0.478 e. The Labute approximate surface area is 239 Å². The van der Waals surface area contributed by atoms with Gasteiger partial charge in [-0.3, -0.25) is 5.32 Å². The summed E-state index contributed by atoms with van der Waals surface area (Å²) in [5.74, 6) is -3.93. The van der Waals surface area contributed by atoms with Crippen molar-refractivity contribution in [3.8, 4) is 33.9 Å². The highest BCUT2D eigenvalue weighted by atomic mass is 19.1. The maximum atomic E-state index is 14.9. The van der Waals surface area contributed by atoms with Crippen LogP contribution in [0.15, 0.2) is 95.5 Å². The first-order chi connectivity index (χ1) is 20.2. The second-order valence-corrected chi connectivity index (χ2v) is 9.31. The Morgan fingerprint density at radius 3 is 2.17 bits per heavy atom. The fraction of sp³-hybridized carbons (Fsp3) is 0.0938. The van der Waals surface area contributed by atoms with Gasteiger partial charge in [0, 0.05) is 5.56 Å². The number of nitrogens with one attached hydrogen (secondary N) is 1. The molecule has 0 fully saturated rings.